The van der Waals surface area contributed by atoms with E-state index in [4.69, 9.17) is 4.74 Å². The van der Waals surface area contributed by atoms with Gasteiger partial charge in [-0.3, -0.25) is 4.79 Å². The molecule has 2 aromatic carbocycles. The highest BCUT2D eigenvalue weighted by Crippen LogP contribution is 2.34. The minimum atomic E-state index is -0.742. The van der Waals surface area contributed by atoms with Crippen molar-refractivity contribution in [1.82, 2.24) is 4.90 Å². The van der Waals surface area contributed by atoms with Gasteiger partial charge in [0.2, 0.25) is 0 Å². The van der Waals surface area contributed by atoms with Crippen molar-refractivity contribution in [3.63, 3.8) is 0 Å². The van der Waals surface area contributed by atoms with E-state index in [1.165, 1.54) is 0 Å². The van der Waals surface area contributed by atoms with Gasteiger partial charge in [0.1, 0.15) is 17.4 Å². The van der Waals surface area contributed by atoms with Crippen LogP contribution in [-0.4, -0.2) is 24.5 Å². The van der Waals surface area contributed by atoms with Gasteiger partial charge in [-0.15, -0.1) is 0 Å². The van der Waals surface area contributed by atoms with Gasteiger partial charge in [0.05, 0.1) is 13.2 Å². The lowest BCUT2D eigenvalue weighted by atomic mass is 10.0. The molecule has 120 valence electrons. The van der Waals surface area contributed by atoms with Crippen molar-refractivity contribution in [2.75, 3.05) is 13.7 Å². The van der Waals surface area contributed by atoms with E-state index >= 15 is 0 Å². The number of nitrogens with zero attached hydrogens (tertiary/aromatic N) is 1. The number of rotatable bonds is 3. The summed E-state index contributed by atoms with van der Waals surface area (Å²) in [5, 5.41) is 0. The number of hydrogen-bond acceptors (Lipinski definition) is 2. The third-order valence-corrected chi connectivity index (χ3v) is 4.12. The van der Waals surface area contributed by atoms with Crippen LogP contribution >= 0.6 is 0 Å². The predicted molar refractivity (Wildman–Crippen MR) is 82.4 cm³/mol. The van der Waals surface area contributed by atoms with E-state index in [0.29, 0.717) is 6.54 Å². The molecule has 0 N–H and O–H groups in total. The van der Waals surface area contributed by atoms with E-state index in [-0.39, 0.29) is 17.5 Å². The normalized spacial score (nSPS) is 17.3. The summed E-state index contributed by atoms with van der Waals surface area (Å²) in [7, 11) is 1.60. The molecule has 0 spiro atoms. The molecule has 1 heterocycles. The van der Waals surface area contributed by atoms with Gasteiger partial charge < -0.3 is 9.64 Å². The molecule has 0 aromatic heterocycles. The Kier molecular flexibility index (Phi) is 4.28. The quantitative estimate of drug-likeness (QED) is 0.858. The Morgan fingerprint density at radius 2 is 1.78 bits per heavy atom. The number of benzene rings is 2. The van der Waals surface area contributed by atoms with Crippen molar-refractivity contribution in [3.8, 4) is 5.75 Å². The van der Waals surface area contributed by atoms with Crippen LogP contribution in [-0.2, 0) is 0 Å². The molecule has 2 aromatic rings. The Hall–Kier alpha value is -2.43. The van der Waals surface area contributed by atoms with Crippen molar-refractivity contribution in [3.05, 3.63) is 65.2 Å². The van der Waals surface area contributed by atoms with Gasteiger partial charge >= 0.3 is 0 Å². The molecule has 5 heteroatoms. The summed E-state index contributed by atoms with van der Waals surface area (Å²) >= 11 is 0. The first kappa shape index (κ1) is 15.5. The van der Waals surface area contributed by atoms with E-state index in [1.54, 1.807) is 12.0 Å². The molecule has 0 bridgehead atoms. The van der Waals surface area contributed by atoms with Gasteiger partial charge in [-0.1, -0.05) is 12.1 Å². The maximum atomic E-state index is 13.4. The molecule has 23 heavy (non-hydrogen) atoms. The second-order valence-corrected chi connectivity index (χ2v) is 5.59. The fourth-order valence-corrected chi connectivity index (χ4v) is 3.03. The topological polar surface area (TPSA) is 29.5 Å². The molecular formula is C18H17F2NO2. The number of ether oxygens (including phenoxy) is 1. The summed E-state index contributed by atoms with van der Waals surface area (Å²) in [6.07, 6.45) is 1.69. The smallest absolute Gasteiger partial charge is 0.254 e. The number of carbonyl (C=O) groups is 1. The summed E-state index contributed by atoms with van der Waals surface area (Å²) in [5.74, 6) is -1.08. The minimum Gasteiger partial charge on any atom is -0.497 e. The largest absolute Gasteiger partial charge is 0.497 e. The molecule has 1 atom stereocenters. The zero-order valence-electron chi connectivity index (χ0n) is 12.8. The Labute approximate surface area is 133 Å². The van der Waals surface area contributed by atoms with Crippen LogP contribution in [0, 0.1) is 11.6 Å². The molecule has 1 saturated heterocycles. The molecule has 1 fully saturated rings. The van der Waals surface area contributed by atoms with Crippen LogP contribution in [0.25, 0.3) is 0 Å². The number of halogens is 2. The minimum absolute atomic E-state index is 0.0444. The second-order valence-electron chi connectivity index (χ2n) is 5.59. The van der Waals surface area contributed by atoms with Gasteiger partial charge in [-0.2, -0.15) is 0 Å². The lowest BCUT2D eigenvalue weighted by Gasteiger charge is -2.25. The van der Waals surface area contributed by atoms with Crippen LogP contribution in [0.4, 0.5) is 8.78 Å². The van der Waals surface area contributed by atoms with Crippen molar-refractivity contribution in [1.29, 1.82) is 0 Å². The summed E-state index contributed by atoms with van der Waals surface area (Å²) in [5.41, 5.74) is 1.04. The lowest BCUT2D eigenvalue weighted by Crippen LogP contribution is -2.30. The summed E-state index contributed by atoms with van der Waals surface area (Å²) < 4.78 is 31.8. The molecule has 0 radical (unpaired) electrons. The van der Waals surface area contributed by atoms with Crippen molar-refractivity contribution in [2.24, 2.45) is 0 Å². The van der Waals surface area contributed by atoms with Gasteiger partial charge in [0.15, 0.2) is 0 Å². The average molecular weight is 317 g/mol. The molecular weight excluding hydrogens is 300 g/mol. The van der Waals surface area contributed by atoms with Crippen LogP contribution in [0.2, 0.25) is 0 Å². The number of carbonyl (C=O) groups excluding carboxylic acids is 1. The number of hydrogen-bond donors (Lipinski definition) is 0. The van der Waals surface area contributed by atoms with E-state index < -0.39 is 11.6 Å². The van der Waals surface area contributed by atoms with Crippen LogP contribution in [0.5, 0.6) is 5.75 Å². The first-order valence-electron chi connectivity index (χ1n) is 7.49. The summed E-state index contributed by atoms with van der Waals surface area (Å²) in [4.78, 5) is 14.3. The highest BCUT2D eigenvalue weighted by Gasteiger charge is 2.31. The maximum absolute atomic E-state index is 13.4. The monoisotopic (exact) mass is 317 g/mol. The van der Waals surface area contributed by atoms with Crippen LogP contribution in [0.15, 0.2) is 42.5 Å². The standard InChI is InChI=1S/C18H17F2NO2/c1-23-16-6-4-12(5-7-16)17-3-2-8-21(17)18(22)13-9-14(19)11-15(20)10-13/h4-7,9-11,17H,2-3,8H2,1H3. The van der Waals surface area contributed by atoms with Gasteiger partial charge in [-0.25, -0.2) is 8.78 Å². The molecule has 0 aliphatic carbocycles. The fourth-order valence-electron chi connectivity index (χ4n) is 3.03. The van der Waals surface area contributed by atoms with Gasteiger partial charge in [0, 0.05) is 18.2 Å². The van der Waals surface area contributed by atoms with Crippen LogP contribution in [0.1, 0.15) is 34.8 Å². The first-order valence-corrected chi connectivity index (χ1v) is 7.49. The lowest BCUT2D eigenvalue weighted by molar-refractivity contribution is 0.0734. The Balaban J connectivity index is 1.86. The Morgan fingerprint density at radius 3 is 2.39 bits per heavy atom. The Morgan fingerprint density at radius 1 is 1.13 bits per heavy atom. The van der Waals surface area contributed by atoms with E-state index in [2.05, 4.69) is 0 Å². The average Bonchev–Trinajstić information content (AvgIpc) is 3.03. The molecule has 3 nitrogen and oxygen atoms in total. The fraction of sp³-hybridized carbons (Fsp3) is 0.278. The van der Waals surface area contributed by atoms with Gasteiger partial charge in [0.25, 0.3) is 5.91 Å². The third-order valence-electron chi connectivity index (χ3n) is 4.12. The van der Waals surface area contributed by atoms with Crippen molar-refractivity contribution < 1.29 is 18.3 Å². The first-order chi connectivity index (χ1) is 11.1. The van der Waals surface area contributed by atoms with E-state index in [0.717, 1.165) is 42.4 Å². The van der Waals surface area contributed by atoms with Crippen LogP contribution < -0.4 is 4.74 Å². The highest BCUT2D eigenvalue weighted by atomic mass is 19.1. The molecule has 1 aliphatic rings. The second kappa shape index (κ2) is 6.36. The number of likely N-dealkylation sites (tertiary alicyclic amines) is 1. The number of methoxy groups -OCH3 is 1. The highest BCUT2D eigenvalue weighted by molar-refractivity contribution is 5.94. The van der Waals surface area contributed by atoms with E-state index in [1.807, 2.05) is 24.3 Å². The van der Waals surface area contributed by atoms with Gasteiger partial charge in [-0.05, 0) is 42.7 Å². The van der Waals surface area contributed by atoms with Crippen molar-refractivity contribution in [2.45, 2.75) is 18.9 Å². The zero-order valence-corrected chi connectivity index (χ0v) is 12.8. The zero-order chi connectivity index (χ0) is 16.4. The molecule has 1 unspecified atom stereocenters. The number of amides is 1. The SMILES string of the molecule is COc1ccc(C2CCCN2C(=O)c2cc(F)cc(F)c2)cc1. The maximum Gasteiger partial charge on any atom is 0.254 e. The predicted octanol–water partition coefficient (Wildman–Crippen LogP) is 3.95. The molecule has 0 saturated carbocycles. The summed E-state index contributed by atoms with van der Waals surface area (Å²) in [6.45, 7) is 0.577. The summed E-state index contributed by atoms with van der Waals surface area (Å²) in [6, 6.07) is 10.4. The third kappa shape index (κ3) is 3.18. The Bertz CT molecular complexity index is 695. The molecule has 1 aliphatic heterocycles. The van der Waals surface area contributed by atoms with Crippen molar-refractivity contribution >= 4 is 5.91 Å². The van der Waals surface area contributed by atoms with Crippen LogP contribution in [0.3, 0.4) is 0 Å². The molecule has 1 amide bonds. The molecule has 3 rings (SSSR count). The van der Waals surface area contributed by atoms with E-state index in [9.17, 15) is 13.6 Å².